The number of benzene rings is 2. The first kappa shape index (κ1) is 17.1. The van der Waals surface area contributed by atoms with Crippen LogP contribution in [0.5, 0.6) is 11.5 Å². The summed E-state index contributed by atoms with van der Waals surface area (Å²) in [4.78, 5) is 0. The average Bonchev–Trinajstić information content (AvgIpc) is 2.58. The number of hydrogen-bond donors (Lipinski definition) is 2. The monoisotopic (exact) mass is 330 g/mol. The second-order valence-electron chi connectivity index (χ2n) is 5.23. The maximum absolute atomic E-state index is 10.1. The van der Waals surface area contributed by atoms with Gasteiger partial charge in [0.05, 0.1) is 19.1 Å². The molecule has 23 heavy (non-hydrogen) atoms. The number of nitrogens with zero attached hydrogens (tertiary/aromatic N) is 1. The summed E-state index contributed by atoms with van der Waals surface area (Å²) >= 11 is 5.90. The molecule has 2 N–H and O–H groups in total. The molecule has 2 aromatic carbocycles. The van der Waals surface area contributed by atoms with Gasteiger partial charge in [-0.05, 0) is 49.4 Å². The number of rotatable bonds is 6. The molecule has 0 saturated heterocycles. The SMILES string of the molecule is CNC(CC(C#N)c1ccc(Cl)cc1)c1cc(OC)ccc1O. The van der Waals surface area contributed by atoms with E-state index in [-0.39, 0.29) is 17.7 Å². The third-order valence-electron chi connectivity index (χ3n) is 3.86. The maximum Gasteiger partial charge on any atom is 0.120 e. The van der Waals surface area contributed by atoms with Crippen LogP contribution in [0.3, 0.4) is 0 Å². The van der Waals surface area contributed by atoms with Crippen LogP contribution in [0.15, 0.2) is 42.5 Å². The lowest BCUT2D eigenvalue weighted by Crippen LogP contribution is -2.19. The summed E-state index contributed by atoms with van der Waals surface area (Å²) < 4.78 is 5.22. The fourth-order valence-electron chi connectivity index (χ4n) is 2.53. The lowest BCUT2D eigenvalue weighted by atomic mass is 9.90. The molecule has 0 aliphatic rings. The molecule has 120 valence electrons. The van der Waals surface area contributed by atoms with Crippen LogP contribution in [-0.2, 0) is 0 Å². The van der Waals surface area contributed by atoms with E-state index in [1.54, 1.807) is 44.5 Å². The van der Waals surface area contributed by atoms with Gasteiger partial charge < -0.3 is 15.2 Å². The van der Waals surface area contributed by atoms with Gasteiger partial charge in [0.1, 0.15) is 11.5 Å². The van der Waals surface area contributed by atoms with Gasteiger partial charge in [0.25, 0.3) is 0 Å². The summed E-state index contributed by atoms with van der Waals surface area (Å²) in [5.74, 6) is 0.534. The molecule has 0 bridgehead atoms. The highest BCUT2D eigenvalue weighted by atomic mass is 35.5. The normalized spacial score (nSPS) is 13.1. The van der Waals surface area contributed by atoms with Crippen molar-refractivity contribution in [1.82, 2.24) is 5.32 Å². The predicted molar refractivity (Wildman–Crippen MR) is 90.9 cm³/mol. The van der Waals surface area contributed by atoms with E-state index in [1.807, 2.05) is 12.1 Å². The lowest BCUT2D eigenvalue weighted by Gasteiger charge is -2.21. The van der Waals surface area contributed by atoms with Crippen molar-refractivity contribution in [3.8, 4) is 17.6 Å². The zero-order chi connectivity index (χ0) is 16.8. The second kappa shape index (κ2) is 7.87. The largest absolute Gasteiger partial charge is 0.508 e. The van der Waals surface area contributed by atoms with Crippen LogP contribution in [-0.4, -0.2) is 19.3 Å². The van der Waals surface area contributed by atoms with Gasteiger partial charge in [-0.2, -0.15) is 5.26 Å². The van der Waals surface area contributed by atoms with Crippen molar-refractivity contribution in [2.75, 3.05) is 14.2 Å². The van der Waals surface area contributed by atoms with E-state index in [0.29, 0.717) is 22.8 Å². The Kier molecular flexibility index (Phi) is 5.86. The van der Waals surface area contributed by atoms with Crippen molar-refractivity contribution in [1.29, 1.82) is 5.26 Å². The third kappa shape index (κ3) is 4.16. The minimum Gasteiger partial charge on any atom is -0.508 e. The maximum atomic E-state index is 10.1. The molecule has 0 aliphatic heterocycles. The van der Waals surface area contributed by atoms with Gasteiger partial charge in [-0.1, -0.05) is 23.7 Å². The molecule has 0 radical (unpaired) electrons. The fourth-order valence-corrected chi connectivity index (χ4v) is 2.66. The summed E-state index contributed by atoms with van der Waals surface area (Å²) in [6.07, 6.45) is 0.523. The number of methoxy groups -OCH3 is 1. The van der Waals surface area contributed by atoms with Gasteiger partial charge in [0.2, 0.25) is 0 Å². The van der Waals surface area contributed by atoms with Crippen LogP contribution in [0.2, 0.25) is 5.02 Å². The summed E-state index contributed by atoms with van der Waals surface area (Å²) in [6.45, 7) is 0. The lowest BCUT2D eigenvalue weighted by molar-refractivity contribution is 0.405. The molecular weight excluding hydrogens is 312 g/mol. The topological polar surface area (TPSA) is 65.3 Å². The molecule has 2 unspecified atom stereocenters. The Morgan fingerprint density at radius 2 is 1.96 bits per heavy atom. The fraction of sp³-hybridized carbons (Fsp3) is 0.278. The average molecular weight is 331 g/mol. The molecule has 0 amide bonds. The Morgan fingerprint density at radius 3 is 2.52 bits per heavy atom. The highest BCUT2D eigenvalue weighted by Gasteiger charge is 2.21. The van der Waals surface area contributed by atoms with Crippen molar-refractivity contribution >= 4 is 11.6 Å². The molecule has 4 nitrogen and oxygen atoms in total. The zero-order valence-electron chi connectivity index (χ0n) is 13.1. The van der Waals surface area contributed by atoms with Crippen LogP contribution in [0.25, 0.3) is 0 Å². The van der Waals surface area contributed by atoms with Crippen molar-refractivity contribution in [2.45, 2.75) is 18.4 Å². The predicted octanol–water partition coefficient (Wildman–Crippen LogP) is 4.01. The Balaban J connectivity index is 2.27. The Hall–Kier alpha value is -2.22. The summed E-state index contributed by atoms with van der Waals surface area (Å²) in [5.41, 5.74) is 1.61. The smallest absolute Gasteiger partial charge is 0.120 e. The van der Waals surface area contributed by atoms with Gasteiger partial charge in [-0.25, -0.2) is 0 Å². The van der Waals surface area contributed by atoms with E-state index in [4.69, 9.17) is 16.3 Å². The Labute approximate surface area is 141 Å². The van der Waals surface area contributed by atoms with E-state index >= 15 is 0 Å². The van der Waals surface area contributed by atoms with Crippen LogP contribution in [0.1, 0.15) is 29.5 Å². The van der Waals surface area contributed by atoms with Crippen LogP contribution in [0.4, 0.5) is 0 Å². The molecule has 2 rings (SSSR count). The van der Waals surface area contributed by atoms with Gasteiger partial charge in [-0.15, -0.1) is 0 Å². The van der Waals surface area contributed by atoms with Crippen LogP contribution in [0, 0.1) is 11.3 Å². The van der Waals surface area contributed by atoms with Gasteiger partial charge in [0, 0.05) is 16.6 Å². The number of phenols is 1. The molecule has 0 heterocycles. The number of nitrogens with one attached hydrogen (secondary N) is 1. The van der Waals surface area contributed by atoms with E-state index in [9.17, 15) is 10.4 Å². The Bertz CT molecular complexity index is 695. The standard InChI is InChI=1S/C18H19ClN2O2/c1-21-17(16-10-15(23-2)7-8-18(16)22)9-13(11-20)12-3-5-14(19)6-4-12/h3-8,10,13,17,21-22H,9H2,1-2H3. The highest BCUT2D eigenvalue weighted by molar-refractivity contribution is 6.30. The molecule has 0 saturated carbocycles. The molecule has 2 atom stereocenters. The Morgan fingerprint density at radius 1 is 1.26 bits per heavy atom. The molecule has 0 aromatic heterocycles. The van der Waals surface area contributed by atoms with Gasteiger partial charge >= 0.3 is 0 Å². The number of hydrogen-bond acceptors (Lipinski definition) is 4. The van der Waals surface area contributed by atoms with Gasteiger partial charge in [0.15, 0.2) is 0 Å². The van der Waals surface area contributed by atoms with Gasteiger partial charge in [-0.3, -0.25) is 0 Å². The molecule has 0 fully saturated rings. The number of halogens is 1. The molecule has 5 heteroatoms. The third-order valence-corrected chi connectivity index (χ3v) is 4.11. The quantitative estimate of drug-likeness (QED) is 0.839. The molecular formula is C18H19ClN2O2. The summed E-state index contributed by atoms with van der Waals surface area (Å²) in [5, 5.41) is 23.4. The van der Waals surface area contributed by atoms with Crippen molar-refractivity contribution in [2.24, 2.45) is 0 Å². The minimum atomic E-state index is -0.310. The second-order valence-corrected chi connectivity index (χ2v) is 5.67. The van der Waals surface area contributed by atoms with Crippen molar-refractivity contribution in [3.63, 3.8) is 0 Å². The van der Waals surface area contributed by atoms with E-state index < -0.39 is 0 Å². The van der Waals surface area contributed by atoms with Crippen LogP contribution < -0.4 is 10.1 Å². The molecule has 0 aliphatic carbocycles. The summed E-state index contributed by atoms with van der Waals surface area (Å²) in [6, 6.07) is 14.5. The van der Waals surface area contributed by atoms with E-state index in [2.05, 4.69) is 11.4 Å². The van der Waals surface area contributed by atoms with Crippen molar-refractivity contribution in [3.05, 3.63) is 58.6 Å². The van der Waals surface area contributed by atoms with Crippen LogP contribution >= 0.6 is 11.6 Å². The van der Waals surface area contributed by atoms with E-state index in [0.717, 1.165) is 5.56 Å². The first-order chi connectivity index (χ1) is 11.1. The highest BCUT2D eigenvalue weighted by Crippen LogP contribution is 2.34. The zero-order valence-corrected chi connectivity index (χ0v) is 13.8. The molecule has 0 spiro atoms. The van der Waals surface area contributed by atoms with Crippen molar-refractivity contribution < 1.29 is 9.84 Å². The van der Waals surface area contributed by atoms with E-state index in [1.165, 1.54) is 0 Å². The first-order valence-electron chi connectivity index (χ1n) is 7.28. The number of nitriles is 1. The summed E-state index contributed by atoms with van der Waals surface area (Å²) in [7, 11) is 3.39. The number of phenolic OH excluding ortho intramolecular Hbond substituents is 1. The number of ether oxygens (including phenoxy) is 1. The molecule has 2 aromatic rings. The minimum absolute atomic E-state index is 0.176. The first-order valence-corrected chi connectivity index (χ1v) is 7.66. The number of aromatic hydroxyl groups is 1.